The number of nitrogens with zero attached hydrogens (tertiary/aromatic N) is 4. The first-order valence-electron chi connectivity index (χ1n) is 9.42. The van der Waals surface area contributed by atoms with Gasteiger partial charge in [-0.15, -0.1) is 0 Å². The molecule has 3 aromatic rings. The van der Waals surface area contributed by atoms with Crippen molar-refractivity contribution in [1.82, 2.24) is 19.1 Å². The van der Waals surface area contributed by atoms with E-state index in [0.717, 1.165) is 24.6 Å². The molecular formula is C20H25N5O2. The van der Waals surface area contributed by atoms with Crippen LogP contribution in [0.2, 0.25) is 0 Å². The van der Waals surface area contributed by atoms with E-state index in [9.17, 15) is 9.59 Å². The smallest absolute Gasteiger partial charge is 0.329 e. The Morgan fingerprint density at radius 2 is 1.78 bits per heavy atom. The Morgan fingerprint density at radius 1 is 1.11 bits per heavy atom. The lowest BCUT2D eigenvalue weighted by molar-refractivity contribution is 0.352. The monoisotopic (exact) mass is 367 g/mol. The van der Waals surface area contributed by atoms with E-state index >= 15 is 0 Å². The van der Waals surface area contributed by atoms with Crippen LogP contribution < -0.4 is 16.1 Å². The lowest BCUT2D eigenvalue weighted by Gasteiger charge is -2.35. The number of nitrogens with one attached hydrogen (secondary N) is 1. The summed E-state index contributed by atoms with van der Waals surface area (Å²) < 4.78 is 3.37. The van der Waals surface area contributed by atoms with E-state index in [1.165, 1.54) is 11.0 Å². The second-order valence-electron chi connectivity index (χ2n) is 7.83. The lowest BCUT2D eigenvalue weighted by Crippen LogP contribution is -2.40. The minimum Gasteiger partial charge on any atom is -0.342 e. The number of H-pyrrole nitrogens is 1. The van der Waals surface area contributed by atoms with Crippen LogP contribution in [0.5, 0.6) is 0 Å². The Morgan fingerprint density at radius 3 is 2.44 bits per heavy atom. The predicted molar refractivity (Wildman–Crippen MR) is 106 cm³/mol. The number of rotatable bonds is 3. The molecule has 1 fully saturated rings. The lowest BCUT2D eigenvalue weighted by atomic mass is 9.92. The van der Waals surface area contributed by atoms with Gasteiger partial charge < -0.3 is 4.90 Å². The third-order valence-corrected chi connectivity index (χ3v) is 5.32. The van der Waals surface area contributed by atoms with E-state index in [4.69, 9.17) is 4.98 Å². The maximum absolute atomic E-state index is 12.6. The van der Waals surface area contributed by atoms with E-state index in [0.29, 0.717) is 29.5 Å². The van der Waals surface area contributed by atoms with Gasteiger partial charge in [0.05, 0.1) is 6.54 Å². The van der Waals surface area contributed by atoms with Gasteiger partial charge in [0.15, 0.2) is 11.2 Å². The van der Waals surface area contributed by atoms with E-state index < -0.39 is 5.69 Å². The van der Waals surface area contributed by atoms with Crippen LogP contribution in [-0.2, 0) is 13.6 Å². The van der Waals surface area contributed by atoms with Crippen LogP contribution in [-0.4, -0.2) is 32.2 Å². The van der Waals surface area contributed by atoms with Gasteiger partial charge in [0.2, 0.25) is 5.95 Å². The van der Waals surface area contributed by atoms with Gasteiger partial charge in [-0.1, -0.05) is 44.2 Å². The summed E-state index contributed by atoms with van der Waals surface area (Å²) in [6.07, 6.45) is 1.19. The summed E-state index contributed by atoms with van der Waals surface area (Å²) in [7, 11) is 1.64. The third kappa shape index (κ3) is 3.18. The highest BCUT2D eigenvalue weighted by molar-refractivity contribution is 5.74. The van der Waals surface area contributed by atoms with Gasteiger partial charge >= 0.3 is 5.69 Å². The number of benzene rings is 1. The summed E-state index contributed by atoms with van der Waals surface area (Å²) in [5, 5.41) is 0. The maximum atomic E-state index is 12.6. The number of hydrogen-bond acceptors (Lipinski definition) is 4. The van der Waals surface area contributed by atoms with Crippen LogP contribution in [0, 0.1) is 11.8 Å². The molecule has 1 N–H and O–H groups in total. The van der Waals surface area contributed by atoms with Gasteiger partial charge in [0, 0.05) is 20.1 Å². The Kier molecular flexibility index (Phi) is 4.37. The molecule has 1 aromatic carbocycles. The van der Waals surface area contributed by atoms with Crippen molar-refractivity contribution in [2.24, 2.45) is 18.9 Å². The molecule has 0 aliphatic carbocycles. The van der Waals surface area contributed by atoms with E-state index in [1.54, 1.807) is 7.05 Å². The summed E-state index contributed by atoms with van der Waals surface area (Å²) in [4.78, 5) is 34.1. The number of piperidine rings is 1. The molecule has 0 radical (unpaired) electrons. The van der Waals surface area contributed by atoms with Crippen molar-refractivity contribution in [3.63, 3.8) is 0 Å². The average Bonchev–Trinajstić information content (AvgIpc) is 3.00. The molecule has 4 rings (SSSR count). The van der Waals surface area contributed by atoms with Crippen LogP contribution in [0.15, 0.2) is 39.9 Å². The zero-order valence-electron chi connectivity index (χ0n) is 16.0. The molecule has 7 nitrogen and oxygen atoms in total. The average molecular weight is 367 g/mol. The van der Waals surface area contributed by atoms with Crippen molar-refractivity contribution < 1.29 is 0 Å². The van der Waals surface area contributed by atoms with Crippen molar-refractivity contribution in [1.29, 1.82) is 0 Å². The minimum atomic E-state index is -0.441. The van der Waals surface area contributed by atoms with Crippen molar-refractivity contribution in [3.8, 4) is 0 Å². The van der Waals surface area contributed by atoms with Crippen LogP contribution in [0.4, 0.5) is 5.95 Å². The molecule has 0 spiro atoms. The molecular weight excluding hydrogens is 342 g/mol. The zero-order chi connectivity index (χ0) is 19.1. The number of anilines is 1. The fourth-order valence-electron chi connectivity index (χ4n) is 4.21. The molecule has 1 aliphatic rings. The molecule has 0 amide bonds. The molecule has 3 heterocycles. The highest BCUT2D eigenvalue weighted by atomic mass is 16.2. The molecule has 27 heavy (non-hydrogen) atoms. The Balaban J connectivity index is 1.92. The molecule has 7 heteroatoms. The first-order chi connectivity index (χ1) is 12.9. The fraction of sp³-hybridized carbons (Fsp3) is 0.450. The van der Waals surface area contributed by atoms with Crippen molar-refractivity contribution in [2.75, 3.05) is 18.0 Å². The van der Waals surface area contributed by atoms with Gasteiger partial charge in [-0.05, 0) is 23.8 Å². The molecule has 142 valence electrons. The Labute approximate surface area is 157 Å². The SMILES string of the molecule is C[C@H]1C[C@H](C)CN(c2nc3c(c(=O)[nH]c(=O)n3C)n2Cc2ccccc2)C1. The van der Waals surface area contributed by atoms with Crippen molar-refractivity contribution in [2.45, 2.75) is 26.8 Å². The van der Waals surface area contributed by atoms with Crippen LogP contribution in [0.1, 0.15) is 25.8 Å². The van der Waals surface area contributed by atoms with E-state index in [1.807, 2.05) is 34.9 Å². The molecule has 1 aliphatic heterocycles. The van der Waals surface area contributed by atoms with Crippen LogP contribution in [0.3, 0.4) is 0 Å². The van der Waals surface area contributed by atoms with Crippen LogP contribution >= 0.6 is 0 Å². The van der Waals surface area contributed by atoms with Crippen molar-refractivity contribution >= 4 is 17.1 Å². The first kappa shape index (κ1) is 17.6. The predicted octanol–water partition coefficient (Wildman–Crippen LogP) is 1.95. The summed E-state index contributed by atoms with van der Waals surface area (Å²) in [5.74, 6) is 1.88. The van der Waals surface area contributed by atoms with Crippen molar-refractivity contribution in [3.05, 3.63) is 56.7 Å². The minimum absolute atomic E-state index is 0.388. The molecule has 0 bridgehead atoms. The van der Waals surface area contributed by atoms with Crippen LogP contribution in [0.25, 0.3) is 11.2 Å². The number of aryl methyl sites for hydroxylation is 1. The molecule has 2 atom stereocenters. The fourth-order valence-corrected chi connectivity index (χ4v) is 4.21. The van der Waals surface area contributed by atoms with Gasteiger partial charge in [-0.25, -0.2) is 4.79 Å². The first-order valence-corrected chi connectivity index (χ1v) is 9.42. The normalized spacial score (nSPS) is 20.3. The third-order valence-electron chi connectivity index (χ3n) is 5.32. The quantitative estimate of drug-likeness (QED) is 0.768. The summed E-state index contributed by atoms with van der Waals surface area (Å²) >= 11 is 0. The second kappa shape index (κ2) is 6.72. The molecule has 0 unspecified atom stereocenters. The maximum Gasteiger partial charge on any atom is 0.329 e. The highest BCUT2D eigenvalue weighted by Gasteiger charge is 2.27. The zero-order valence-corrected chi connectivity index (χ0v) is 16.0. The molecule has 1 saturated heterocycles. The second-order valence-corrected chi connectivity index (χ2v) is 7.83. The van der Waals surface area contributed by atoms with E-state index in [-0.39, 0.29) is 5.56 Å². The molecule has 2 aromatic heterocycles. The number of aromatic amines is 1. The summed E-state index contributed by atoms with van der Waals surface area (Å²) in [5.41, 5.74) is 1.14. The standard InChI is InChI=1S/C20H25N5O2/c1-13-9-14(2)11-24(10-13)19-21-17-16(18(26)22-20(27)23(17)3)25(19)12-15-7-5-4-6-8-15/h4-8,13-14H,9-12H2,1-3H3,(H,22,26,27)/t13-,14-/m0/s1. The highest BCUT2D eigenvalue weighted by Crippen LogP contribution is 2.28. The number of hydrogen-bond donors (Lipinski definition) is 1. The topological polar surface area (TPSA) is 75.9 Å². The Hall–Kier alpha value is -2.83. The largest absolute Gasteiger partial charge is 0.342 e. The van der Waals surface area contributed by atoms with E-state index in [2.05, 4.69) is 23.7 Å². The van der Waals surface area contributed by atoms with Gasteiger partial charge in [0.25, 0.3) is 5.56 Å². The van der Waals surface area contributed by atoms with Gasteiger partial charge in [0.1, 0.15) is 0 Å². The number of fused-ring (bicyclic) bond motifs is 1. The molecule has 0 saturated carbocycles. The summed E-state index contributed by atoms with van der Waals surface area (Å²) in [6.45, 7) is 6.82. The number of imidazole rings is 1. The number of aromatic nitrogens is 4. The van der Waals surface area contributed by atoms with Gasteiger partial charge in [-0.3, -0.25) is 18.9 Å². The Bertz CT molecular complexity index is 1070. The van der Waals surface area contributed by atoms with Gasteiger partial charge in [-0.2, -0.15) is 4.98 Å². The summed E-state index contributed by atoms with van der Waals surface area (Å²) in [6, 6.07) is 10.0.